The molecule has 2 rings (SSSR count). The van der Waals surface area contributed by atoms with Crippen LogP contribution in [0.4, 0.5) is 13.2 Å². The molecule has 0 aliphatic carbocycles. The quantitative estimate of drug-likeness (QED) is 0.656. The van der Waals surface area contributed by atoms with Crippen LogP contribution in [0.5, 0.6) is 0 Å². The van der Waals surface area contributed by atoms with Gasteiger partial charge in [0.25, 0.3) is 0 Å². The van der Waals surface area contributed by atoms with E-state index in [0.29, 0.717) is 4.90 Å². The molecule has 1 unspecified atom stereocenters. The molecule has 1 N–H and O–H groups in total. The molecule has 0 saturated heterocycles. The van der Waals surface area contributed by atoms with Crippen molar-refractivity contribution < 1.29 is 17.7 Å². The minimum Gasteiger partial charge on any atom is -0.176 e. The Balaban J connectivity index is 2.49. The highest BCUT2D eigenvalue weighted by molar-refractivity contribution is 7.94. The highest BCUT2D eigenvalue weighted by atomic mass is 35.5. The van der Waals surface area contributed by atoms with Crippen LogP contribution < -0.4 is 0 Å². The van der Waals surface area contributed by atoms with Crippen LogP contribution in [-0.4, -0.2) is 10.7 Å². The van der Waals surface area contributed by atoms with Crippen molar-refractivity contribution in [2.24, 2.45) is 0 Å². The number of rotatable bonds is 3. The van der Waals surface area contributed by atoms with E-state index in [1.165, 1.54) is 6.07 Å². The molecule has 0 bridgehead atoms. The lowest BCUT2D eigenvalue weighted by atomic mass is 10.1. The van der Waals surface area contributed by atoms with Crippen LogP contribution >= 0.6 is 23.2 Å². The molecule has 0 saturated carbocycles. The molecular formula is C15H10Cl2F3OS+. The standard InChI is InChI=1S/C15H10Cl2F3OS/c16-11-6-10(7-12(17)8-11)14(15(18,19)20)9-22(21)13-4-2-1-3-5-13/h1-9,21H/q+1/b14-9+. The molecule has 2 aromatic carbocycles. The zero-order valence-corrected chi connectivity index (χ0v) is 13.3. The Bertz CT molecular complexity index is 667. The Hall–Kier alpha value is -1.14. The van der Waals surface area contributed by atoms with Crippen LogP contribution in [0.2, 0.25) is 10.0 Å². The summed E-state index contributed by atoms with van der Waals surface area (Å²) < 4.78 is 49.9. The maximum Gasteiger partial charge on any atom is 0.421 e. The van der Waals surface area contributed by atoms with Gasteiger partial charge in [-0.05, 0) is 35.9 Å². The monoisotopic (exact) mass is 365 g/mol. The molecule has 0 aliphatic heterocycles. The van der Waals surface area contributed by atoms with Gasteiger partial charge in [0.2, 0.25) is 11.2 Å². The van der Waals surface area contributed by atoms with E-state index in [0.717, 1.165) is 17.5 Å². The van der Waals surface area contributed by atoms with E-state index in [4.69, 9.17) is 23.2 Å². The Labute approximate surface area is 138 Å². The van der Waals surface area contributed by atoms with Crippen LogP contribution in [-0.2, 0) is 11.2 Å². The van der Waals surface area contributed by atoms with Gasteiger partial charge < -0.3 is 0 Å². The molecular weight excluding hydrogens is 356 g/mol. The van der Waals surface area contributed by atoms with E-state index in [1.807, 2.05) is 0 Å². The average Bonchev–Trinajstić information content (AvgIpc) is 2.43. The van der Waals surface area contributed by atoms with Gasteiger partial charge in [-0.15, -0.1) is 0 Å². The maximum absolute atomic E-state index is 13.3. The molecule has 116 valence electrons. The highest BCUT2D eigenvalue weighted by Crippen LogP contribution is 2.37. The van der Waals surface area contributed by atoms with Gasteiger partial charge >= 0.3 is 6.18 Å². The van der Waals surface area contributed by atoms with Crippen molar-refractivity contribution in [2.45, 2.75) is 11.1 Å². The molecule has 0 radical (unpaired) electrons. The van der Waals surface area contributed by atoms with Gasteiger partial charge in [-0.25, -0.2) is 0 Å². The van der Waals surface area contributed by atoms with E-state index in [2.05, 4.69) is 0 Å². The Morgan fingerprint density at radius 1 is 1.00 bits per heavy atom. The second-order valence-corrected chi connectivity index (χ2v) is 6.52. The van der Waals surface area contributed by atoms with Gasteiger partial charge in [0, 0.05) is 10.0 Å². The third-order valence-electron chi connectivity index (χ3n) is 2.69. The predicted molar refractivity (Wildman–Crippen MR) is 85.2 cm³/mol. The first-order chi connectivity index (χ1) is 10.3. The minimum absolute atomic E-state index is 0.0928. The number of hydrogen-bond donors (Lipinski definition) is 1. The SMILES string of the molecule is O[S+](/C=C(\c1cc(Cl)cc(Cl)c1)C(F)(F)F)c1ccccc1. The summed E-state index contributed by atoms with van der Waals surface area (Å²) in [7, 11) is 0. The van der Waals surface area contributed by atoms with Crippen LogP contribution in [0.25, 0.3) is 5.57 Å². The smallest absolute Gasteiger partial charge is 0.176 e. The first-order valence-corrected chi connectivity index (χ1v) is 8.00. The van der Waals surface area contributed by atoms with Gasteiger partial charge in [0.1, 0.15) is 5.57 Å². The number of benzene rings is 2. The zero-order chi connectivity index (χ0) is 16.3. The lowest BCUT2D eigenvalue weighted by Crippen LogP contribution is -2.13. The molecule has 0 fully saturated rings. The molecule has 0 aliphatic rings. The second kappa shape index (κ2) is 6.96. The van der Waals surface area contributed by atoms with Crippen LogP contribution in [0.15, 0.2) is 58.8 Å². The number of allylic oxidation sites excluding steroid dienone is 1. The molecule has 0 aromatic heterocycles. The lowest BCUT2D eigenvalue weighted by Gasteiger charge is -2.11. The summed E-state index contributed by atoms with van der Waals surface area (Å²) in [5, 5.41) is 0.961. The fourth-order valence-corrected chi connectivity index (χ4v) is 3.34. The predicted octanol–water partition coefficient (Wildman–Crippen LogP) is 6.05. The molecule has 0 heterocycles. The number of hydrogen-bond acceptors (Lipinski definition) is 1. The molecule has 2 aromatic rings. The van der Waals surface area contributed by atoms with Gasteiger partial charge in [-0.1, -0.05) is 41.4 Å². The second-order valence-electron chi connectivity index (χ2n) is 4.32. The summed E-state index contributed by atoms with van der Waals surface area (Å²) in [4.78, 5) is 0.386. The zero-order valence-electron chi connectivity index (χ0n) is 10.9. The first kappa shape index (κ1) is 17.2. The average molecular weight is 366 g/mol. The Kier molecular flexibility index (Phi) is 5.45. The van der Waals surface area contributed by atoms with E-state index in [9.17, 15) is 17.7 Å². The third-order valence-corrected chi connectivity index (χ3v) is 4.34. The van der Waals surface area contributed by atoms with Gasteiger partial charge in [0.05, 0.1) is 0 Å². The molecule has 1 nitrogen and oxygen atoms in total. The lowest BCUT2D eigenvalue weighted by molar-refractivity contribution is -0.0688. The Morgan fingerprint density at radius 3 is 2.05 bits per heavy atom. The largest absolute Gasteiger partial charge is 0.421 e. The fraction of sp³-hybridized carbons (Fsp3) is 0.0667. The van der Waals surface area contributed by atoms with E-state index in [-0.39, 0.29) is 15.6 Å². The molecule has 0 amide bonds. The van der Waals surface area contributed by atoms with Crippen molar-refractivity contribution in [1.82, 2.24) is 0 Å². The summed E-state index contributed by atoms with van der Waals surface area (Å²) in [6, 6.07) is 11.8. The first-order valence-electron chi connectivity index (χ1n) is 6.00. The number of halogens is 5. The van der Waals surface area contributed by atoms with Crippen molar-refractivity contribution in [1.29, 1.82) is 0 Å². The normalized spacial score (nSPS) is 14.0. The van der Waals surface area contributed by atoms with Crippen molar-refractivity contribution >= 4 is 40.0 Å². The molecule has 1 atom stereocenters. The van der Waals surface area contributed by atoms with Gasteiger partial charge in [-0.3, -0.25) is 0 Å². The summed E-state index contributed by atoms with van der Waals surface area (Å²) in [6.45, 7) is 0. The molecule has 0 spiro atoms. The topological polar surface area (TPSA) is 20.2 Å². The van der Waals surface area contributed by atoms with E-state index >= 15 is 0 Å². The number of alkyl halides is 3. The van der Waals surface area contributed by atoms with Gasteiger partial charge in [0.15, 0.2) is 10.3 Å². The summed E-state index contributed by atoms with van der Waals surface area (Å²) >= 11 is 9.83. The maximum atomic E-state index is 13.3. The summed E-state index contributed by atoms with van der Waals surface area (Å²) in [6.07, 6.45) is -4.64. The van der Waals surface area contributed by atoms with Crippen molar-refractivity contribution in [3.8, 4) is 0 Å². The highest BCUT2D eigenvalue weighted by Gasteiger charge is 2.39. The van der Waals surface area contributed by atoms with E-state index in [1.54, 1.807) is 30.3 Å². The van der Waals surface area contributed by atoms with Gasteiger partial charge in [-0.2, -0.15) is 17.7 Å². The van der Waals surface area contributed by atoms with E-state index < -0.39 is 22.9 Å². The van der Waals surface area contributed by atoms with Crippen molar-refractivity contribution in [2.75, 3.05) is 0 Å². The molecule has 7 heteroatoms. The van der Waals surface area contributed by atoms with Crippen LogP contribution in [0.3, 0.4) is 0 Å². The third kappa shape index (κ3) is 4.43. The summed E-state index contributed by atoms with van der Waals surface area (Å²) in [5.41, 5.74) is -1.17. The Morgan fingerprint density at radius 2 is 1.55 bits per heavy atom. The van der Waals surface area contributed by atoms with Crippen LogP contribution in [0, 0.1) is 0 Å². The summed E-state index contributed by atoms with van der Waals surface area (Å²) in [5.74, 6) is 0. The molecule has 22 heavy (non-hydrogen) atoms. The minimum atomic E-state index is -4.64. The fourth-order valence-electron chi connectivity index (χ4n) is 1.75. The van der Waals surface area contributed by atoms with Crippen LogP contribution in [0.1, 0.15) is 5.56 Å². The van der Waals surface area contributed by atoms with Crippen molar-refractivity contribution in [3.63, 3.8) is 0 Å². The van der Waals surface area contributed by atoms with Crippen molar-refractivity contribution in [3.05, 3.63) is 69.5 Å².